The molecule has 2 rings (SSSR count). The van der Waals surface area contributed by atoms with Crippen molar-refractivity contribution in [1.82, 2.24) is 0 Å². The first-order valence-corrected chi connectivity index (χ1v) is 7.17. The summed E-state index contributed by atoms with van der Waals surface area (Å²) in [6.45, 7) is 0. The van der Waals surface area contributed by atoms with Gasteiger partial charge in [0.2, 0.25) is 0 Å². The van der Waals surface area contributed by atoms with Crippen LogP contribution in [0.1, 0.15) is 11.1 Å². The van der Waals surface area contributed by atoms with Crippen molar-refractivity contribution in [2.24, 2.45) is 0 Å². The Balaban J connectivity index is 2.56. The first-order chi connectivity index (χ1) is 11.6. The van der Waals surface area contributed by atoms with E-state index in [4.69, 9.17) is 4.74 Å². The molecule has 2 aromatic carbocycles. The second-order valence-electron chi connectivity index (χ2n) is 5.31. The van der Waals surface area contributed by atoms with E-state index in [0.717, 1.165) is 18.2 Å². The number of rotatable bonds is 5. The number of hydrogen-bond donors (Lipinski definition) is 1. The van der Waals surface area contributed by atoms with E-state index in [9.17, 15) is 27.1 Å². The highest BCUT2D eigenvalue weighted by Crippen LogP contribution is 2.49. The van der Waals surface area contributed by atoms with E-state index in [1.165, 1.54) is 31.4 Å². The van der Waals surface area contributed by atoms with Crippen LogP contribution in [0, 0.1) is 0 Å². The summed E-state index contributed by atoms with van der Waals surface area (Å²) >= 11 is 0. The summed E-state index contributed by atoms with van der Waals surface area (Å²) in [7, 11) is 1.32. The molecule has 2 aromatic rings. The molecule has 0 saturated heterocycles. The zero-order chi connectivity index (χ0) is 18.7. The number of aliphatic hydroxyl groups is 1. The number of hydrogen-bond acceptors (Lipinski definition) is 2. The molecule has 2 nitrogen and oxygen atoms in total. The van der Waals surface area contributed by atoms with Gasteiger partial charge in [0.25, 0.3) is 0 Å². The molecule has 25 heavy (non-hydrogen) atoms. The van der Waals surface area contributed by atoms with Crippen LogP contribution in [0.2, 0.25) is 0 Å². The van der Waals surface area contributed by atoms with Crippen LogP contribution in [-0.2, 0) is 5.60 Å². The molecule has 0 bridgehead atoms. The van der Waals surface area contributed by atoms with Crippen molar-refractivity contribution in [3.05, 3.63) is 71.8 Å². The van der Waals surface area contributed by atoms with Gasteiger partial charge in [-0.15, -0.1) is 0 Å². The molecule has 1 N–H and O–H groups in total. The maximum absolute atomic E-state index is 14.1. The average molecular weight is 358 g/mol. The summed E-state index contributed by atoms with van der Waals surface area (Å²) in [5.74, 6) is -5.15. The standard InChI is InChI=1S/C18H15F5O2/c1-25-15-9-7-14(8-10-15)16(24,17(19,20)18(21,22)23)12-11-13-5-3-2-4-6-13/h2-12,24H,1H3/b12-11+. The van der Waals surface area contributed by atoms with Crippen LogP contribution in [-0.4, -0.2) is 24.3 Å². The van der Waals surface area contributed by atoms with Crippen molar-refractivity contribution in [2.75, 3.05) is 7.11 Å². The third-order valence-electron chi connectivity index (χ3n) is 3.68. The van der Waals surface area contributed by atoms with E-state index < -0.39 is 23.3 Å². The lowest BCUT2D eigenvalue weighted by Crippen LogP contribution is -2.53. The molecule has 0 saturated carbocycles. The molecule has 0 aliphatic carbocycles. The molecule has 134 valence electrons. The predicted molar refractivity (Wildman–Crippen MR) is 83.4 cm³/mol. The molecule has 1 atom stereocenters. The molecular weight excluding hydrogens is 343 g/mol. The van der Waals surface area contributed by atoms with Crippen LogP contribution >= 0.6 is 0 Å². The number of halogens is 5. The summed E-state index contributed by atoms with van der Waals surface area (Å²) in [6.07, 6.45) is -4.47. The Bertz CT molecular complexity index is 723. The van der Waals surface area contributed by atoms with E-state index in [1.807, 2.05) is 0 Å². The number of methoxy groups -OCH3 is 1. The van der Waals surface area contributed by atoms with Gasteiger partial charge in [0.15, 0.2) is 5.60 Å². The fourth-order valence-corrected chi connectivity index (χ4v) is 2.22. The fourth-order valence-electron chi connectivity index (χ4n) is 2.22. The summed E-state index contributed by atoms with van der Waals surface area (Å²) in [4.78, 5) is 0. The zero-order valence-electron chi connectivity index (χ0n) is 13.1. The normalized spacial score (nSPS) is 15.2. The molecule has 1 unspecified atom stereocenters. The number of alkyl halides is 5. The van der Waals surface area contributed by atoms with Crippen LogP contribution < -0.4 is 4.74 Å². The lowest BCUT2D eigenvalue weighted by Gasteiger charge is -2.35. The lowest BCUT2D eigenvalue weighted by atomic mass is 9.85. The second kappa shape index (κ2) is 6.84. The second-order valence-corrected chi connectivity index (χ2v) is 5.31. The summed E-state index contributed by atoms with van der Waals surface area (Å²) in [5, 5.41) is 10.4. The Morgan fingerprint density at radius 2 is 1.44 bits per heavy atom. The quantitative estimate of drug-likeness (QED) is 0.779. The Morgan fingerprint density at radius 1 is 0.880 bits per heavy atom. The van der Waals surface area contributed by atoms with Crippen molar-refractivity contribution in [1.29, 1.82) is 0 Å². The lowest BCUT2D eigenvalue weighted by molar-refractivity contribution is -0.334. The smallest absolute Gasteiger partial charge is 0.457 e. The van der Waals surface area contributed by atoms with Gasteiger partial charge in [0.1, 0.15) is 5.75 Å². The van der Waals surface area contributed by atoms with Gasteiger partial charge in [-0.2, -0.15) is 22.0 Å². The highest BCUT2D eigenvalue weighted by molar-refractivity contribution is 5.52. The molecule has 0 fully saturated rings. The summed E-state index contributed by atoms with van der Waals surface area (Å²) in [5.41, 5.74) is -3.82. The van der Waals surface area contributed by atoms with Gasteiger partial charge in [-0.3, -0.25) is 0 Å². The van der Waals surface area contributed by atoms with E-state index in [2.05, 4.69) is 0 Å². The van der Waals surface area contributed by atoms with E-state index >= 15 is 0 Å². The first-order valence-electron chi connectivity index (χ1n) is 7.17. The van der Waals surface area contributed by atoms with Gasteiger partial charge >= 0.3 is 12.1 Å². The van der Waals surface area contributed by atoms with Crippen LogP contribution in [0.5, 0.6) is 5.75 Å². The molecule has 0 spiro atoms. The van der Waals surface area contributed by atoms with Gasteiger partial charge in [-0.1, -0.05) is 48.5 Å². The van der Waals surface area contributed by atoms with Crippen LogP contribution in [0.3, 0.4) is 0 Å². The summed E-state index contributed by atoms with van der Waals surface area (Å²) < 4.78 is 71.8. The van der Waals surface area contributed by atoms with E-state index in [-0.39, 0.29) is 5.75 Å². The fraction of sp³-hybridized carbons (Fsp3) is 0.222. The summed E-state index contributed by atoms with van der Waals surface area (Å²) in [6, 6.07) is 12.2. The Morgan fingerprint density at radius 3 is 1.92 bits per heavy atom. The Hall–Kier alpha value is -2.41. The number of ether oxygens (including phenoxy) is 1. The largest absolute Gasteiger partial charge is 0.497 e. The molecule has 0 heterocycles. The van der Waals surface area contributed by atoms with Crippen molar-refractivity contribution in [3.63, 3.8) is 0 Å². The molecule has 0 aliphatic rings. The minimum atomic E-state index is -5.94. The molecule has 0 aromatic heterocycles. The third kappa shape index (κ3) is 3.66. The average Bonchev–Trinajstić information content (AvgIpc) is 2.59. The molecular formula is C18H15F5O2. The Kier molecular flexibility index (Phi) is 5.17. The monoisotopic (exact) mass is 358 g/mol. The van der Waals surface area contributed by atoms with Gasteiger partial charge in [-0.05, 0) is 29.3 Å². The van der Waals surface area contributed by atoms with Crippen molar-refractivity contribution < 1.29 is 31.8 Å². The van der Waals surface area contributed by atoms with Crippen molar-refractivity contribution in [3.8, 4) is 5.75 Å². The highest BCUT2D eigenvalue weighted by Gasteiger charge is 2.69. The van der Waals surface area contributed by atoms with Gasteiger partial charge in [-0.25, -0.2) is 0 Å². The first kappa shape index (κ1) is 18.9. The van der Waals surface area contributed by atoms with Crippen LogP contribution in [0.15, 0.2) is 60.7 Å². The molecule has 0 radical (unpaired) electrons. The van der Waals surface area contributed by atoms with Crippen LogP contribution in [0.4, 0.5) is 22.0 Å². The van der Waals surface area contributed by atoms with E-state index in [1.54, 1.807) is 18.2 Å². The minimum Gasteiger partial charge on any atom is -0.497 e. The minimum absolute atomic E-state index is 0.258. The Labute approximate surface area is 141 Å². The van der Waals surface area contributed by atoms with Crippen molar-refractivity contribution >= 4 is 6.08 Å². The maximum atomic E-state index is 14.1. The highest BCUT2D eigenvalue weighted by atomic mass is 19.4. The molecule has 0 aliphatic heterocycles. The number of benzene rings is 2. The SMILES string of the molecule is COc1ccc(C(O)(/C=C/c2ccccc2)C(F)(F)C(F)(F)F)cc1. The van der Waals surface area contributed by atoms with Gasteiger partial charge in [0.05, 0.1) is 7.11 Å². The van der Waals surface area contributed by atoms with Crippen molar-refractivity contribution in [2.45, 2.75) is 17.7 Å². The third-order valence-corrected chi connectivity index (χ3v) is 3.68. The van der Waals surface area contributed by atoms with Gasteiger partial charge < -0.3 is 9.84 Å². The maximum Gasteiger partial charge on any atom is 0.457 e. The van der Waals surface area contributed by atoms with Gasteiger partial charge in [0, 0.05) is 0 Å². The topological polar surface area (TPSA) is 29.5 Å². The van der Waals surface area contributed by atoms with E-state index in [0.29, 0.717) is 11.6 Å². The van der Waals surface area contributed by atoms with Crippen LogP contribution in [0.25, 0.3) is 6.08 Å². The predicted octanol–water partition coefficient (Wildman–Crippen LogP) is 4.79. The molecule has 7 heteroatoms. The zero-order valence-corrected chi connectivity index (χ0v) is 13.1. The molecule has 0 amide bonds.